The van der Waals surface area contributed by atoms with E-state index in [0.717, 1.165) is 65.9 Å². The summed E-state index contributed by atoms with van der Waals surface area (Å²) in [5.74, 6) is 0.524. The predicted octanol–water partition coefficient (Wildman–Crippen LogP) is 4.78. The molecule has 0 saturated carbocycles. The molecule has 0 radical (unpaired) electrons. The zero-order chi connectivity index (χ0) is 30.6. The normalized spacial score (nSPS) is 20.7. The standard InChI is InChI=1S/C33H37ClFN7O2/c1-39-16-5-8-25(39)22-44-33-37-28-21-40(29-10-3-7-23-6-2-9-27(34)31(23)29)17-13-26(28)32(38-33)41-18-19-42(24(20-41)12-15-36)30(43)11-4-14-35/h2-4,6-7,9-11,24-25H,5,8,12-14,16-22H2,1H3/b11-4+/t24-,25+/m0/s1. The minimum atomic E-state index is -0.705. The Kier molecular flexibility index (Phi) is 9.14. The highest BCUT2D eigenvalue weighted by Crippen LogP contribution is 2.37. The van der Waals surface area contributed by atoms with Crippen molar-refractivity contribution in [3.05, 3.63) is 64.8 Å². The minimum Gasteiger partial charge on any atom is -0.462 e. The Morgan fingerprint density at radius 2 is 1.98 bits per heavy atom. The second-order valence-corrected chi connectivity index (χ2v) is 12.1. The predicted molar refractivity (Wildman–Crippen MR) is 170 cm³/mol. The van der Waals surface area contributed by atoms with Crippen LogP contribution in [0.4, 0.5) is 15.9 Å². The lowest BCUT2D eigenvalue weighted by molar-refractivity contribution is -0.128. The molecule has 3 aliphatic heterocycles. The second-order valence-electron chi connectivity index (χ2n) is 11.7. The molecule has 1 aromatic heterocycles. The maximum absolute atomic E-state index is 12.8. The number of hydrogen-bond donors (Lipinski definition) is 0. The highest BCUT2D eigenvalue weighted by Gasteiger charge is 2.34. The van der Waals surface area contributed by atoms with Gasteiger partial charge in [-0.1, -0.05) is 35.9 Å². The number of carbonyl (C=O) groups is 1. The lowest BCUT2D eigenvalue weighted by Crippen LogP contribution is -2.55. The van der Waals surface area contributed by atoms with Crippen molar-refractivity contribution in [3.63, 3.8) is 0 Å². The van der Waals surface area contributed by atoms with Gasteiger partial charge in [-0.05, 0) is 56.4 Å². The summed E-state index contributed by atoms with van der Waals surface area (Å²) in [5, 5.41) is 12.4. The van der Waals surface area contributed by atoms with E-state index in [1.165, 1.54) is 12.2 Å². The number of nitriles is 1. The Balaban J connectivity index is 1.32. The number of benzene rings is 2. The number of fused-ring (bicyclic) bond motifs is 2. The van der Waals surface area contributed by atoms with Crippen molar-refractivity contribution in [1.82, 2.24) is 19.8 Å². The molecule has 4 heterocycles. The van der Waals surface area contributed by atoms with Crippen molar-refractivity contribution >= 4 is 39.8 Å². The SMILES string of the molecule is CN1CCC[C@@H]1COc1nc2c(c(N3CCN(C(=O)/C=C/CF)[C@@H](CC#N)C3)n1)CCN(c1cccc3cccc(Cl)c13)C2. The van der Waals surface area contributed by atoms with Crippen LogP contribution in [0.25, 0.3) is 10.8 Å². The number of ether oxygens (including phenoxy) is 1. The Morgan fingerprint density at radius 3 is 2.75 bits per heavy atom. The maximum atomic E-state index is 12.8. The minimum absolute atomic E-state index is 0.173. The number of halogens is 2. The Labute approximate surface area is 262 Å². The molecule has 0 spiro atoms. The first-order valence-corrected chi connectivity index (χ1v) is 15.6. The first kappa shape index (κ1) is 30.1. The molecule has 2 atom stereocenters. The molecular formula is C33H37ClFN7O2. The summed E-state index contributed by atoms with van der Waals surface area (Å²) in [4.78, 5) is 31.1. The molecule has 6 rings (SSSR count). The molecule has 2 saturated heterocycles. The third-order valence-corrected chi connectivity index (χ3v) is 9.33. The van der Waals surface area contributed by atoms with Gasteiger partial charge in [0.25, 0.3) is 0 Å². The molecule has 0 aliphatic carbocycles. The van der Waals surface area contributed by atoms with E-state index in [9.17, 15) is 14.4 Å². The van der Waals surface area contributed by atoms with E-state index in [1.807, 2.05) is 12.1 Å². The van der Waals surface area contributed by atoms with Crippen LogP contribution in [-0.4, -0.2) is 90.8 Å². The molecule has 0 N–H and O–H groups in total. The molecule has 3 aliphatic rings. The summed E-state index contributed by atoms with van der Waals surface area (Å²) >= 11 is 6.69. The van der Waals surface area contributed by atoms with E-state index in [0.29, 0.717) is 49.9 Å². The van der Waals surface area contributed by atoms with E-state index in [1.54, 1.807) is 4.90 Å². The number of alkyl halides is 1. The molecule has 9 nitrogen and oxygen atoms in total. The number of hydrogen-bond acceptors (Lipinski definition) is 8. The molecular weight excluding hydrogens is 581 g/mol. The summed E-state index contributed by atoms with van der Waals surface area (Å²) < 4.78 is 19.0. The summed E-state index contributed by atoms with van der Waals surface area (Å²) in [6, 6.07) is 14.7. The summed E-state index contributed by atoms with van der Waals surface area (Å²) in [7, 11) is 2.12. The zero-order valence-electron chi connectivity index (χ0n) is 25.0. The van der Waals surface area contributed by atoms with Crippen molar-refractivity contribution in [1.29, 1.82) is 5.26 Å². The van der Waals surface area contributed by atoms with Gasteiger partial charge in [0.1, 0.15) is 19.1 Å². The molecule has 2 aromatic carbocycles. The number of anilines is 2. The van der Waals surface area contributed by atoms with Crippen LogP contribution in [0.15, 0.2) is 48.6 Å². The number of likely N-dealkylation sites (tertiary alicyclic amines) is 1. The largest absolute Gasteiger partial charge is 0.462 e. The van der Waals surface area contributed by atoms with E-state index in [4.69, 9.17) is 26.3 Å². The molecule has 230 valence electrons. The fraction of sp³-hybridized carbons (Fsp3) is 0.455. The Bertz CT molecular complexity index is 1590. The van der Waals surface area contributed by atoms with Crippen molar-refractivity contribution in [3.8, 4) is 12.1 Å². The monoisotopic (exact) mass is 617 g/mol. The van der Waals surface area contributed by atoms with Gasteiger partial charge in [0.05, 0.1) is 35.8 Å². The van der Waals surface area contributed by atoms with Gasteiger partial charge in [-0.15, -0.1) is 0 Å². The fourth-order valence-corrected chi connectivity index (χ4v) is 6.96. The van der Waals surface area contributed by atoms with E-state index >= 15 is 0 Å². The van der Waals surface area contributed by atoms with Crippen LogP contribution in [0, 0.1) is 11.3 Å². The summed E-state index contributed by atoms with van der Waals surface area (Å²) in [6.45, 7) is 3.58. The third kappa shape index (κ3) is 6.17. The van der Waals surface area contributed by atoms with Gasteiger partial charge in [-0.25, -0.2) is 4.39 Å². The van der Waals surface area contributed by atoms with Crippen molar-refractivity contribution in [2.45, 2.75) is 44.3 Å². The molecule has 2 fully saturated rings. The zero-order valence-corrected chi connectivity index (χ0v) is 25.7. The lowest BCUT2D eigenvalue weighted by Gasteiger charge is -2.42. The van der Waals surface area contributed by atoms with Gasteiger partial charge in [-0.3, -0.25) is 4.79 Å². The highest BCUT2D eigenvalue weighted by molar-refractivity contribution is 6.36. The van der Waals surface area contributed by atoms with Crippen LogP contribution in [-0.2, 0) is 17.8 Å². The second kappa shape index (κ2) is 13.4. The van der Waals surface area contributed by atoms with E-state index in [2.05, 4.69) is 52.1 Å². The van der Waals surface area contributed by atoms with Gasteiger partial charge in [0.15, 0.2) is 0 Å². The van der Waals surface area contributed by atoms with Crippen LogP contribution in [0.2, 0.25) is 5.02 Å². The average molecular weight is 618 g/mol. The number of allylic oxidation sites excluding steroid dienone is 1. The smallest absolute Gasteiger partial charge is 0.318 e. The van der Waals surface area contributed by atoms with E-state index in [-0.39, 0.29) is 18.4 Å². The fourth-order valence-electron chi connectivity index (χ4n) is 6.68. The van der Waals surface area contributed by atoms with E-state index < -0.39 is 6.67 Å². The number of piperazine rings is 1. The van der Waals surface area contributed by atoms with Crippen LogP contribution in [0.5, 0.6) is 6.01 Å². The molecule has 11 heteroatoms. The molecule has 3 aromatic rings. The van der Waals surface area contributed by atoms with Gasteiger partial charge >= 0.3 is 6.01 Å². The van der Waals surface area contributed by atoms with Crippen LogP contribution in [0.3, 0.4) is 0 Å². The number of aromatic nitrogens is 2. The van der Waals surface area contributed by atoms with Crippen molar-refractivity contribution in [2.75, 3.05) is 62.9 Å². The van der Waals surface area contributed by atoms with Crippen LogP contribution < -0.4 is 14.5 Å². The third-order valence-electron chi connectivity index (χ3n) is 9.01. The van der Waals surface area contributed by atoms with Gasteiger partial charge < -0.3 is 24.3 Å². The molecule has 0 bridgehead atoms. The Morgan fingerprint density at radius 1 is 1.14 bits per heavy atom. The molecule has 1 amide bonds. The summed E-state index contributed by atoms with van der Waals surface area (Å²) in [6.07, 6.45) is 5.58. The van der Waals surface area contributed by atoms with Crippen LogP contribution >= 0.6 is 11.6 Å². The molecule has 0 unspecified atom stereocenters. The maximum Gasteiger partial charge on any atom is 0.318 e. The summed E-state index contributed by atoms with van der Waals surface area (Å²) in [5.41, 5.74) is 3.03. The number of likely N-dealkylation sites (N-methyl/N-ethyl adjacent to an activating group) is 1. The first-order valence-electron chi connectivity index (χ1n) is 15.3. The topological polar surface area (TPSA) is 88.8 Å². The first-order chi connectivity index (χ1) is 21.5. The van der Waals surface area contributed by atoms with Gasteiger partial charge in [-0.2, -0.15) is 15.2 Å². The lowest BCUT2D eigenvalue weighted by atomic mass is 10.0. The number of rotatable bonds is 8. The highest BCUT2D eigenvalue weighted by atomic mass is 35.5. The molecule has 44 heavy (non-hydrogen) atoms. The van der Waals surface area contributed by atoms with Crippen molar-refractivity contribution in [2.24, 2.45) is 0 Å². The van der Waals surface area contributed by atoms with Gasteiger partial charge in [0, 0.05) is 54.9 Å². The van der Waals surface area contributed by atoms with Crippen LogP contribution in [0.1, 0.15) is 30.5 Å². The number of nitrogens with zero attached hydrogens (tertiary/aromatic N) is 7. The van der Waals surface area contributed by atoms with Gasteiger partial charge in [0.2, 0.25) is 5.91 Å². The number of amides is 1. The Hall–Kier alpha value is -3.94. The van der Waals surface area contributed by atoms with Crippen molar-refractivity contribution < 1.29 is 13.9 Å². The number of carbonyl (C=O) groups excluding carboxylic acids is 1. The average Bonchev–Trinajstić information content (AvgIpc) is 3.46. The quantitative estimate of drug-likeness (QED) is 0.334.